The second kappa shape index (κ2) is 8.07. The Morgan fingerprint density at radius 3 is 2.68 bits per heavy atom. The third-order valence-electron chi connectivity index (χ3n) is 4.65. The lowest BCUT2D eigenvalue weighted by molar-refractivity contribution is -0.117. The lowest BCUT2D eigenvalue weighted by Gasteiger charge is -2.21. The first kappa shape index (κ1) is 18.6. The van der Waals surface area contributed by atoms with Gasteiger partial charge in [-0.05, 0) is 31.5 Å². The summed E-state index contributed by atoms with van der Waals surface area (Å²) < 4.78 is 11.4. The second-order valence-electron chi connectivity index (χ2n) is 6.47. The van der Waals surface area contributed by atoms with E-state index in [1.165, 1.54) is 18.9 Å². The summed E-state index contributed by atoms with van der Waals surface area (Å²) in [5, 5.41) is 3.80. The zero-order valence-electron chi connectivity index (χ0n) is 15.7. The van der Waals surface area contributed by atoms with Crippen molar-refractivity contribution in [1.82, 2.24) is 19.9 Å². The molecular formula is C19H21N5O3S. The van der Waals surface area contributed by atoms with Crippen LogP contribution in [-0.2, 0) is 4.79 Å². The number of carbonyl (C=O) groups is 1. The zero-order valence-corrected chi connectivity index (χ0v) is 16.5. The molecule has 8 nitrogen and oxygen atoms in total. The molecule has 9 heteroatoms. The lowest BCUT2D eigenvalue weighted by Crippen LogP contribution is -2.33. The van der Waals surface area contributed by atoms with Crippen LogP contribution in [0.1, 0.15) is 23.9 Å². The van der Waals surface area contributed by atoms with E-state index < -0.39 is 0 Å². The van der Waals surface area contributed by atoms with Crippen molar-refractivity contribution in [2.75, 3.05) is 32.6 Å². The number of hydrogen-bond donors (Lipinski definition) is 1. The van der Waals surface area contributed by atoms with Gasteiger partial charge in [-0.25, -0.2) is 4.98 Å². The van der Waals surface area contributed by atoms with E-state index in [1.807, 2.05) is 18.2 Å². The van der Waals surface area contributed by atoms with Crippen LogP contribution in [0.25, 0.3) is 10.2 Å². The fourth-order valence-corrected chi connectivity index (χ4v) is 4.48. The summed E-state index contributed by atoms with van der Waals surface area (Å²) >= 11 is 1.70. The fourth-order valence-electron chi connectivity index (χ4n) is 3.35. The molecule has 0 unspecified atom stereocenters. The smallest absolute Gasteiger partial charge is 0.240 e. The molecule has 1 saturated heterocycles. The molecular weight excluding hydrogens is 378 g/mol. The normalized spacial score (nSPS) is 17.0. The van der Waals surface area contributed by atoms with Crippen LogP contribution in [0.5, 0.6) is 11.8 Å². The maximum Gasteiger partial charge on any atom is 0.240 e. The number of nitrogens with one attached hydrogen (secondary N) is 1. The maximum absolute atomic E-state index is 12.6. The van der Waals surface area contributed by atoms with E-state index in [2.05, 4.69) is 26.3 Å². The Balaban J connectivity index is 1.46. The average molecular weight is 399 g/mol. The Labute approximate surface area is 166 Å². The van der Waals surface area contributed by atoms with Crippen LogP contribution in [0, 0.1) is 0 Å². The predicted molar refractivity (Wildman–Crippen MR) is 107 cm³/mol. The highest BCUT2D eigenvalue weighted by Gasteiger charge is 2.30. The summed E-state index contributed by atoms with van der Waals surface area (Å²) in [6, 6.07) is 9.83. The Hall–Kier alpha value is -2.78. The van der Waals surface area contributed by atoms with E-state index in [9.17, 15) is 4.79 Å². The minimum absolute atomic E-state index is 0.156. The largest absolute Gasteiger partial charge is 0.481 e. The standard InChI is InChI=1S/C19H21N5O3S/c1-26-16-10-17(27-2)23-19(22-16)21-15(25)11-24-9-5-7-13(24)18-20-12-6-3-4-8-14(12)28-18/h3-4,6,8,10,13H,5,7,9,11H2,1-2H3,(H,21,22,23,25)/t13-/m0/s1. The van der Waals surface area contributed by atoms with Crippen molar-refractivity contribution in [3.05, 3.63) is 35.3 Å². The molecule has 0 saturated carbocycles. The average Bonchev–Trinajstić information content (AvgIpc) is 3.33. The van der Waals surface area contributed by atoms with Gasteiger partial charge in [-0.1, -0.05) is 12.1 Å². The molecule has 1 atom stereocenters. The van der Waals surface area contributed by atoms with Crippen LogP contribution in [0.2, 0.25) is 0 Å². The Morgan fingerprint density at radius 1 is 1.21 bits per heavy atom. The van der Waals surface area contributed by atoms with Gasteiger partial charge in [0.15, 0.2) is 0 Å². The van der Waals surface area contributed by atoms with Gasteiger partial charge in [0.25, 0.3) is 0 Å². The number of anilines is 1. The predicted octanol–water partition coefficient (Wildman–Crippen LogP) is 2.88. The molecule has 0 radical (unpaired) electrons. The molecule has 1 N–H and O–H groups in total. The number of aromatic nitrogens is 3. The van der Waals surface area contributed by atoms with Crippen molar-refractivity contribution in [3.8, 4) is 11.8 Å². The number of amides is 1. The number of carbonyl (C=O) groups excluding carboxylic acids is 1. The van der Waals surface area contributed by atoms with E-state index >= 15 is 0 Å². The Bertz CT molecular complexity index is 937. The number of methoxy groups -OCH3 is 2. The van der Waals surface area contributed by atoms with Gasteiger partial charge in [-0.15, -0.1) is 11.3 Å². The maximum atomic E-state index is 12.6. The lowest BCUT2D eigenvalue weighted by atomic mass is 10.2. The van der Waals surface area contributed by atoms with E-state index in [-0.39, 0.29) is 24.4 Å². The number of fused-ring (bicyclic) bond motifs is 1. The molecule has 1 fully saturated rings. The monoisotopic (exact) mass is 399 g/mol. The van der Waals surface area contributed by atoms with Crippen LogP contribution in [0.4, 0.5) is 5.95 Å². The highest BCUT2D eigenvalue weighted by molar-refractivity contribution is 7.18. The molecule has 0 spiro atoms. The fraction of sp³-hybridized carbons (Fsp3) is 0.368. The van der Waals surface area contributed by atoms with Gasteiger partial charge in [0.05, 0.1) is 43.1 Å². The van der Waals surface area contributed by atoms with E-state index in [4.69, 9.17) is 14.5 Å². The summed E-state index contributed by atoms with van der Waals surface area (Å²) in [6.45, 7) is 1.11. The minimum Gasteiger partial charge on any atom is -0.481 e. The molecule has 1 amide bonds. The number of hydrogen-bond acceptors (Lipinski definition) is 8. The van der Waals surface area contributed by atoms with E-state index in [0.29, 0.717) is 11.8 Å². The van der Waals surface area contributed by atoms with Gasteiger partial charge in [-0.3, -0.25) is 15.0 Å². The molecule has 3 aromatic rings. The first-order valence-electron chi connectivity index (χ1n) is 9.02. The molecule has 1 aliphatic rings. The summed E-state index contributed by atoms with van der Waals surface area (Å²) in [6.07, 6.45) is 2.04. The third kappa shape index (κ3) is 3.90. The quantitative estimate of drug-likeness (QED) is 0.682. The van der Waals surface area contributed by atoms with E-state index in [1.54, 1.807) is 17.4 Å². The van der Waals surface area contributed by atoms with Crippen molar-refractivity contribution in [2.45, 2.75) is 18.9 Å². The molecule has 0 bridgehead atoms. The van der Waals surface area contributed by atoms with Crippen molar-refractivity contribution >= 4 is 33.4 Å². The van der Waals surface area contributed by atoms with Crippen LogP contribution in [0.3, 0.4) is 0 Å². The highest BCUT2D eigenvalue weighted by Crippen LogP contribution is 2.36. The van der Waals surface area contributed by atoms with Gasteiger partial charge in [0.1, 0.15) is 5.01 Å². The van der Waals surface area contributed by atoms with Crippen LogP contribution >= 0.6 is 11.3 Å². The number of rotatable bonds is 6. The number of benzene rings is 1. The number of likely N-dealkylation sites (tertiary alicyclic amines) is 1. The van der Waals surface area contributed by atoms with Crippen molar-refractivity contribution < 1.29 is 14.3 Å². The molecule has 0 aliphatic carbocycles. The summed E-state index contributed by atoms with van der Waals surface area (Å²) in [5.41, 5.74) is 1.01. The Kier molecular flexibility index (Phi) is 5.36. The van der Waals surface area contributed by atoms with Crippen molar-refractivity contribution in [1.29, 1.82) is 0 Å². The van der Waals surface area contributed by atoms with E-state index in [0.717, 1.165) is 29.9 Å². The van der Waals surface area contributed by atoms with Gasteiger partial charge >= 0.3 is 0 Å². The van der Waals surface area contributed by atoms with Gasteiger partial charge < -0.3 is 9.47 Å². The summed E-state index contributed by atoms with van der Waals surface area (Å²) in [4.78, 5) is 27.8. The topological polar surface area (TPSA) is 89.5 Å². The summed E-state index contributed by atoms with van der Waals surface area (Å²) in [5.74, 6) is 0.645. The first-order chi connectivity index (χ1) is 13.7. The van der Waals surface area contributed by atoms with Gasteiger partial charge in [-0.2, -0.15) is 9.97 Å². The third-order valence-corrected chi connectivity index (χ3v) is 5.79. The first-order valence-corrected chi connectivity index (χ1v) is 9.84. The van der Waals surface area contributed by atoms with Crippen LogP contribution < -0.4 is 14.8 Å². The van der Waals surface area contributed by atoms with Crippen LogP contribution in [-0.4, -0.2) is 53.1 Å². The SMILES string of the molecule is COc1cc(OC)nc(NC(=O)CN2CCC[C@H]2c2nc3ccccc3s2)n1. The van der Waals surface area contributed by atoms with Crippen LogP contribution in [0.15, 0.2) is 30.3 Å². The number of thiazole rings is 1. The molecule has 2 aromatic heterocycles. The molecule has 146 valence electrons. The molecule has 1 aromatic carbocycles. The van der Waals surface area contributed by atoms with Gasteiger partial charge in [0, 0.05) is 0 Å². The van der Waals surface area contributed by atoms with Crippen molar-refractivity contribution in [3.63, 3.8) is 0 Å². The Morgan fingerprint density at radius 2 is 1.96 bits per heavy atom. The highest BCUT2D eigenvalue weighted by atomic mass is 32.1. The molecule has 3 heterocycles. The minimum atomic E-state index is -0.177. The number of nitrogens with zero attached hydrogens (tertiary/aromatic N) is 4. The molecule has 4 rings (SSSR count). The zero-order chi connectivity index (χ0) is 19.5. The second-order valence-corrected chi connectivity index (χ2v) is 7.54. The van der Waals surface area contributed by atoms with Gasteiger partial charge in [0.2, 0.25) is 23.6 Å². The number of para-hydroxylation sites is 1. The van der Waals surface area contributed by atoms with Crippen molar-refractivity contribution in [2.24, 2.45) is 0 Å². The molecule has 1 aliphatic heterocycles. The summed E-state index contributed by atoms with van der Waals surface area (Å²) in [7, 11) is 3.00. The molecule has 28 heavy (non-hydrogen) atoms. The number of ether oxygens (including phenoxy) is 2.